The number of hydrogen-bond acceptors (Lipinski definition) is 3. The molecule has 1 aromatic carbocycles. The van der Waals surface area contributed by atoms with Crippen LogP contribution in [0.2, 0.25) is 15.2 Å². The van der Waals surface area contributed by atoms with E-state index in [2.05, 4.69) is 26.2 Å². The Morgan fingerprint density at radius 2 is 2.00 bits per heavy atom. The van der Waals surface area contributed by atoms with Gasteiger partial charge < -0.3 is 10.4 Å². The summed E-state index contributed by atoms with van der Waals surface area (Å²) in [6.07, 6.45) is 1.13. The quantitative estimate of drug-likeness (QED) is 0.696. The number of rotatable bonds is 3. The van der Waals surface area contributed by atoms with Crippen LogP contribution in [0.4, 0.5) is 11.4 Å². The molecule has 2 N–H and O–H groups in total. The lowest BCUT2D eigenvalue weighted by molar-refractivity contribution is 0.0697. The molecular formula is C12H6BrCl3N2O2. The van der Waals surface area contributed by atoms with Gasteiger partial charge in [0.05, 0.1) is 16.4 Å². The number of aromatic nitrogens is 1. The van der Waals surface area contributed by atoms with Crippen molar-refractivity contribution in [1.29, 1.82) is 0 Å². The van der Waals surface area contributed by atoms with Crippen LogP contribution in [0.3, 0.4) is 0 Å². The second-order valence-corrected chi connectivity index (χ2v) is 5.76. The molecule has 20 heavy (non-hydrogen) atoms. The molecule has 4 nitrogen and oxygen atoms in total. The van der Waals surface area contributed by atoms with Gasteiger partial charge in [-0.3, -0.25) is 0 Å². The molecule has 0 unspecified atom stereocenters. The summed E-state index contributed by atoms with van der Waals surface area (Å²) in [6.45, 7) is 0. The first kappa shape index (κ1) is 15.4. The fourth-order valence-corrected chi connectivity index (χ4v) is 2.54. The fraction of sp³-hybridized carbons (Fsp3) is 0. The molecule has 0 saturated carbocycles. The summed E-state index contributed by atoms with van der Waals surface area (Å²) in [4.78, 5) is 14.9. The molecule has 0 radical (unpaired) electrons. The summed E-state index contributed by atoms with van der Waals surface area (Å²) in [7, 11) is 0. The third-order valence-corrected chi connectivity index (χ3v) is 3.96. The second-order valence-electron chi connectivity index (χ2n) is 3.71. The van der Waals surface area contributed by atoms with E-state index in [-0.39, 0.29) is 21.4 Å². The van der Waals surface area contributed by atoms with E-state index in [4.69, 9.17) is 39.9 Å². The molecule has 2 rings (SSSR count). The number of benzene rings is 1. The van der Waals surface area contributed by atoms with Crippen LogP contribution < -0.4 is 5.32 Å². The van der Waals surface area contributed by atoms with Gasteiger partial charge in [0.25, 0.3) is 0 Å². The molecule has 0 fully saturated rings. The number of carboxylic acid groups (broad SMARTS) is 1. The highest BCUT2D eigenvalue weighted by atomic mass is 79.9. The van der Waals surface area contributed by atoms with Crippen molar-refractivity contribution in [3.05, 3.63) is 49.6 Å². The van der Waals surface area contributed by atoms with Crippen LogP contribution >= 0.6 is 50.7 Å². The fourth-order valence-electron chi connectivity index (χ4n) is 1.47. The maximum Gasteiger partial charge on any atom is 0.339 e. The van der Waals surface area contributed by atoms with E-state index >= 15 is 0 Å². The predicted molar refractivity (Wildman–Crippen MR) is 83.7 cm³/mol. The molecule has 0 aliphatic heterocycles. The summed E-state index contributed by atoms with van der Waals surface area (Å²) >= 11 is 21.2. The van der Waals surface area contributed by atoms with Gasteiger partial charge in [-0.05, 0) is 18.2 Å². The van der Waals surface area contributed by atoms with Gasteiger partial charge in [0, 0.05) is 10.7 Å². The normalized spacial score (nSPS) is 10.4. The number of aromatic carboxylic acids is 1. The molecule has 0 aliphatic rings. The van der Waals surface area contributed by atoms with Crippen LogP contribution in [0.1, 0.15) is 10.4 Å². The van der Waals surface area contributed by atoms with Crippen molar-refractivity contribution in [2.24, 2.45) is 0 Å². The molecule has 0 aliphatic carbocycles. The van der Waals surface area contributed by atoms with Crippen molar-refractivity contribution in [2.45, 2.75) is 0 Å². The number of nitrogens with one attached hydrogen (secondary N) is 1. The Bertz CT molecular complexity index is 695. The maximum absolute atomic E-state index is 11.2. The predicted octanol–water partition coefficient (Wildman–Crippen LogP) is 5.25. The van der Waals surface area contributed by atoms with Gasteiger partial charge in [-0.15, -0.1) is 0 Å². The Labute approximate surface area is 137 Å². The summed E-state index contributed by atoms with van der Waals surface area (Å²) < 4.78 is 0.797. The summed E-state index contributed by atoms with van der Waals surface area (Å²) in [5.74, 6) is -1.17. The van der Waals surface area contributed by atoms with Crippen LogP contribution in [-0.4, -0.2) is 16.1 Å². The molecule has 2 aromatic rings. The van der Waals surface area contributed by atoms with E-state index in [0.717, 1.165) is 10.7 Å². The number of halogens is 4. The number of hydrogen-bond donors (Lipinski definition) is 2. The molecule has 0 saturated heterocycles. The largest absolute Gasteiger partial charge is 0.478 e. The van der Waals surface area contributed by atoms with E-state index in [9.17, 15) is 4.79 Å². The zero-order valence-electron chi connectivity index (χ0n) is 9.62. The van der Waals surface area contributed by atoms with Crippen LogP contribution in [0, 0.1) is 0 Å². The van der Waals surface area contributed by atoms with Gasteiger partial charge >= 0.3 is 5.97 Å². The number of pyridine rings is 1. The van der Waals surface area contributed by atoms with Crippen LogP contribution in [0.15, 0.2) is 28.9 Å². The van der Waals surface area contributed by atoms with Gasteiger partial charge in [0.2, 0.25) is 0 Å². The van der Waals surface area contributed by atoms with Gasteiger partial charge in [0.15, 0.2) is 0 Å². The third-order valence-electron chi connectivity index (χ3n) is 2.40. The number of carbonyl (C=O) groups is 1. The van der Waals surface area contributed by atoms with Gasteiger partial charge in [-0.1, -0.05) is 50.7 Å². The van der Waals surface area contributed by atoms with E-state index in [1.165, 1.54) is 0 Å². The Morgan fingerprint density at radius 3 is 2.60 bits per heavy atom. The highest BCUT2D eigenvalue weighted by Crippen LogP contribution is 2.36. The highest BCUT2D eigenvalue weighted by molar-refractivity contribution is 9.10. The smallest absolute Gasteiger partial charge is 0.339 e. The van der Waals surface area contributed by atoms with Crippen molar-refractivity contribution in [3.8, 4) is 0 Å². The molecule has 0 atom stereocenters. The van der Waals surface area contributed by atoms with E-state index in [1.54, 1.807) is 18.2 Å². The molecule has 0 bridgehead atoms. The first-order chi connectivity index (χ1) is 9.40. The van der Waals surface area contributed by atoms with Crippen molar-refractivity contribution in [3.63, 3.8) is 0 Å². The monoisotopic (exact) mass is 394 g/mol. The summed E-state index contributed by atoms with van der Waals surface area (Å²) in [5, 5.41) is 12.4. The minimum atomic E-state index is -1.17. The standard InChI is InChI=1S/C12H6BrCl3N2O2/c13-5-1-2-8(7(14)3-5)18-10-6(12(19)20)4-17-11(16)9(10)15/h1-4H,(H,17,18)(H,19,20). The first-order valence-corrected chi connectivity index (χ1v) is 7.12. The zero-order valence-corrected chi connectivity index (χ0v) is 13.5. The molecular weight excluding hydrogens is 390 g/mol. The highest BCUT2D eigenvalue weighted by Gasteiger charge is 2.18. The van der Waals surface area contributed by atoms with E-state index in [0.29, 0.717) is 10.7 Å². The molecule has 1 aromatic heterocycles. The minimum Gasteiger partial charge on any atom is -0.478 e. The van der Waals surface area contributed by atoms with Gasteiger partial charge in [0.1, 0.15) is 15.7 Å². The van der Waals surface area contributed by atoms with E-state index in [1.807, 2.05) is 0 Å². The average Bonchev–Trinajstić information content (AvgIpc) is 2.37. The van der Waals surface area contributed by atoms with Gasteiger partial charge in [-0.25, -0.2) is 9.78 Å². The zero-order chi connectivity index (χ0) is 14.9. The maximum atomic E-state index is 11.2. The molecule has 104 valence electrons. The lowest BCUT2D eigenvalue weighted by Gasteiger charge is -2.13. The van der Waals surface area contributed by atoms with Crippen LogP contribution in [0.5, 0.6) is 0 Å². The Morgan fingerprint density at radius 1 is 1.30 bits per heavy atom. The minimum absolute atomic E-state index is 0.00685. The van der Waals surface area contributed by atoms with Crippen LogP contribution in [0.25, 0.3) is 0 Å². The molecule has 1 heterocycles. The summed E-state index contributed by atoms with van der Waals surface area (Å²) in [5.41, 5.74) is 0.545. The van der Waals surface area contributed by atoms with Crippen molar-refractivity contribution in [1.82, 2.24) is 4.98 Å². The first-order valence-electron chi connectivity index (χ1n) is 5.19. The van der Waals surface area contributed by atoms with E-state index < -0.39 is 5.97 Å². The van der Waals surface area contributed by atoms with Crippen molar-refractivity contribution >= 4 is 68.1 Å². The van der Waals surface area contributed by atoms with Crippen molar-refractivity contribution in [2.75, 3.05) is 5.32 Å². The second kappa shape index (κ2) is 6.18. The third kappa shape index (κ3) is 3.17. The number of nitrogens with zero attached hydrogens (tertiary/aromatic N) is 1. The topological polar surface area (TPSA) is 62.2 Å². The number of anilines is 2. The molecule has 0 spiro atoms. The van der Waals surface area contributed by atoms with Gasteiger partial charge in [-0.2, -0.15) is 0 Å². The molecule has 0 amide bonds. The SMILES string of the molecule is O=C(O)c1cnc(Cl)c(Cl)c1Nc1ccc(Br)cc1Cl. The lowest BCUT2D eigenvalue weighted by Crippen LogP contribution is -2.05. The molecule has 8 heteroatoms. The Balaban J connectivity index is 2.52. The lowest BCUT2D eigenvalue weighted by atomic mass is 10.2. The number of carboxylic acids is 1. The van der Waals surface area contributed by atoms with Crippen molar-refractivity contribution < 1.29 is 9.90 Å². The Hall–Kier alpha value is -1.01. The average molecular weight is 396 g/mol. The summed E-state index contributed by atoms with van der Waals surface area (Å²) in [6, 6.07) is 5.11. The van der Waals surface area contributed by atoms with Crippen LogP contribution in [-0.2, 0) is 0 Å². The Kier molecular flexibility index (Phi) is 4.75.